The third-order valence-corrected chi connectivity index (χ3v) is 3.59. The predicted octanol–water partition coefficient (Wildman–Crippen LogP) is 2.40. The fraction of sp³-hybridized carbons (Fsp3) is 0.118. The van der Waals surface area contributed by atoms with E-state index in [0.717, 1.165) is 5.56 Å². The van der Waals surface area contributed by atoms with E-state index < -0.39 is 0 Å². The standard InChI is InChI=1S/C17H13N3O4/c21-17(11-3-5-18-6-4-11)19-9-13-8-15(24-20-13)12-1-2-14-16(7-12)23-10-22-14/h1-8H,9-10H2,(H,19,21). The Labute approximate surface area is 137 Å². The van der Waals surface area contributed by atoms with E-state index in [2.05, 4.69) is 15.5 Å². The molecule has 7 heteroatoms. The zero-order valence-electron chi connectivity index (χ0n) is 12.6. The first-order valence-electron chi connectivity index (χ1n) is 7.33. The molecule has 0 spiro atoms. The third-order valence-electron chi connectivity index (χ3n) is 3.59. The molecule has 1 aromatic carbocycles. The predicted molar refractivity (Wildman–Crippen MR) is 83.5 cm³/mol. The van der Waals surface area contributed by atoms with Crippen molar-refractivity contribution in [3.63, 3.8) is 0 Å². The van der Waals surface area contributed by atoms with Crippen LogP contribution in [0.2, 0.25) is 0 Å². The van der Waals surface area contributed by atoms with Gasteiger partial charge in [0.2, 0.25) is 6.79 Å². The van der Waals surface area contributed by atoms with Gasteiger partial charge in [-0.1, -0.05) is 5.16 Å². The van der Waals surface area contributed by atoms with Gasteiger partial charge in [-0.3, -0.25) is 9.78 Å². The summed E-state index contributed by atoms with van der Waals surface area (Å²) in [4.78, 5) is 15.9. The zero-order valence-corrected chi connectivity index (χ0v) is 12.6. The van der Waals surface area contributed by atoms with Gasteiger partial charge in [0, 0.05) is 29.6 Å². The van der Waals surface area contributed by atoms with Crippen molar-refractivity contribution < 1.29 is 18.8 Å². The van der Waals surface area contributed by atoms with Crippen LogP contribution in [0, 0.1) is 0 Å². The highest BCUT2D eigenvalue weighted by Gasteiger charge is 2.16. The molecule has 3 aromatic rings. The SMILES string of the molecule is O=C(NCc1cc(-c2ccc3c(c2)OCO3)on1)c1ccncc1. The van der Waals surface area contributed by atoms with E-state index in [1.807, 2.05) is 18.2 Å². The van der Waals surface area contributed by atoms with Gasteiger partial charge in [-0.25, -0.2) is 0 Å². The van der Waals surface area contributed by atoms with Crippen molar-refractivity contribution in [1.29, 1.82) is 0 Å². The lowest BCUT2D eigenvalue weighted by molar-refractivity contribution is 0.0950. The van der Waals surface area contributed by atoms with Crippen LogP contribution < -0.4 is 14.8 Å². The van der Waals surface area contributed by atoms with Gasteiger partial charge >= 0.3 is 0 Å². The third kappa shape index (κ3) is 2.79. The minimum absolute atomic E-state index is 0.190. The molecular formula is C17H13N3O4. The van der Waals surface area contributed by atoms with Crippen molar-refractivity contribution >= 4 is 5.91 Å². The van der Waals surface area contributed by atoms with Crippen molar-refractivity contribution in [2.75, 3.05) is 6.79 Å². The van der Waals surface area contributed by atoms with Crippen LogP contribution in [0.4, 0.5) is 0 Å². The number of hydrogen-bond acceptors (Lipinski definition) is 6. The fourth-order valence-electron chi connectivity index (χ4n) is 2.36. The summed E-state index contributed by atoms with van der Waals surface area (Å²) in [5, 5.41) is 6.77. The molecule has 120 valence electrons. The number of rotatable bonds is 4. The largest absolute Gasteiger partial charge is 0.454 e. The highest BCUT2D eigenvalue weighted by atomic mass is 16.7. The van der Waals surface area contributed by atoms with E-state index in [1.54, 1.807) is 30.6 Å². The molecule has 0 atom stereocenters. The number of fused-ring (bicyclic) bond motifs is 1. The maximum absolute atomic E-state index is 12.0. The molecule has 0 fully saturated rings. The molecule has 0 bridgehead atoms. The molecule has 1 N–H and O–H groups in total. The van der Waals surface area contributed by atoms with Crippen LogP contribution in [0.1, 0.15) is 16.1 Å². The van der Waals surface area contributed by atoms with Crippen LogP contribution in [0.3, 0.4) is 0 Å². The number of benzene rings is 1. The molecule has 7 nitrogen and oxygen atoms in total. The summed E-state index contributed by atoms with van der Waals surface area (Å²) in [5.74, 6) is 1.80. The Morgan fingerprint density at radius 1 is 1.08 bits per heavy atom. The second-order valence-electron chi connectivity index (χ2n) is 5.17. The summed E-state index contributed by atoms with van der Waals surface area (Å²) in [6.45, 7) is 0.497. The molecule has 1 amide bonds. The van der Waals surface area contributed by atoms with Crippen molar-refractivity contribution in [3.8, 4) is 22.8 Å². The number of carbonyl (C=O) groups excluding carboxylic acids is 1. The lowest BCUT2D eigenvalue weighted by Crippen LogP contribution is -2.22. The maximum Gasteiger partial charge on any atom is 0.251 e. The second kappa shape index (κ2) is 6.04. The first-order valence-corrected chi connectivity index (χ1v) is 7.33. The van der Waals surface area contributed by atoms with Crippen molar-refractivity contribution in [2.24, 2.45) is 0 Å². The zero-order chi connectivity index (χ0) is 16.4. The molecule has 0 unspecified atom stereocenters. The molecule has 1 aliphatic heterocycles. The number of aromatic nitrogens is 2. The average molecular weight is 323 g/mol. The van der Waals surface area contributed by atoms with Crippen LogP contribution in [0.15, 0.2) is 53.3 Å². The van der Waals surface area contributed by atoms with E-state index in [0.29, 0.717) is 28.5 Å². The van der Waals surface area contributed by atoms with Crippen molar-refractivity contribution in [2.45, 2.75) is 6.54 Å². The quantitative estimate of drug-likeness (QED) is 0.793. The Hall–Kier alpha value is -3.35. The molecule has 0 radical (unpaired) electrons. The highest BCUT2D eigenvalue weighted by molar-refractivity contribution is 5.93. The summed E-state index contributed by atoms with van der Waals surface area (Å²) in [6.07, 6.45) is 3.14. The Bertz CT molecular complexity index is 877. The van der Waals surface area contributed by atoms with E-state index >= 15 is 0 Å². The molecule has 3 heterocycles. The van der Waals surface area contributed by atoms with Crippen LogP contribution >= 0.6 is 0 Å². The van der Waals surface area contributed by atoms with Crippen LogP contribution in [0.5, 0.6) is 11.5 Å². The minimum atomic E-state index is -0.190. The number of hydrogen-bond donors (Lipinski definition) is 1. The highest BCUT2D eigenvalue weighted by Crippen LogP contribution is 2.35. The van der Waals surface area contributed by atoms with E-state index in [9.17, 15) is 4.79 Å². The van der Waals surface area contributed by atoms with Gasteiger partial charge in [0.25, 0.3) is 5.91 Å². The molecule has 0 saturated carbocycles. The van der Waals surface area contributed by atoms with Gasteiger partial charge in [-0.2, -0.15) is 0 Å². The normalized spacial score (nSPS) is 12.2. The van der Waals surface area contributed by atoms with E-state index in [1.165, 1.54) is 0 Å². The second-order valence-corrected chi connectivity index (χ2v) is 5.17. The van der Waals surface area contributed by atoms with Gasteiger partial charge in [0.05, 0.1) is 6.54 Å². The minimum Gasteiger partial charge on any atom is -0.454 e. The summed E-state index contributed by atoms with van der Waals surface area (Å²) in [5.41, 5.74) is 2.01. The smallest absolute Gasteiger partial charge is 0.251 e. The van der Waals surface area contributed by atoms with E-state index in [4.69, 9.17) is 14.0 Å². The number of pyridine rings is 1. The Morgan fingerprint density at radius 2 is 1.92 bits per heavy atom. The van der Waals surface area contributed by atoms with Crippen LogP contribution in [-0.4, -0.2) is 22.8 Å². The Kier molecular flexibility index (Phi) is 3.59. The molecule has 24 heavy (non-hydrogen) atoms. The van der Waals surface area contributed by atoms with Gasteiger partial charge in [0.15, 0.2) is 17.3 Å². The number of carbonyl (C=O) groups is 1. The topological polar surface area (TPSA) is 86.5 Å². The number of nitrogens with zero attached hydrogens (tertiary/aromatic N) is 2. The average Bonchev–Trinajstić information content (AvgIpc) is 3.29. The molecule has 4 rings (SSSR count). The Morgan fingerprint density at radius 3 is 2.79 bits per heavy atom. The summed E-state index contributed by atoms with van der Waals surface area (Å²) < 4.78 is 16.0. The first-order chi connectivity index (χ1) is 11.8. The lowest BCUT2D eigenvalue weighted by Gasteiger charge is -2.01. The summed E-state index contributed by atoms with van der Waals surface area (Å²) in [6, 6.07) is 10.6. The van der Waals surface area contributed by atoms with Gasteiger partial charge in [0.1, 0.15) is 5.69 Å². The number of nitrogens with one attached hydrogen (secondary N) is 1. The monoisotopic (exact) mass is 323 g/mol. The molecule has 2 aromatic heterocycles. The maximum atomic E-state index is 12.0. The van der Waals surface area contributed by atoms with Gasteiger partial charge in [-0.05, 0) is 30.3 Å². The number of amides is 1. The molecular weight excluding hydrogens is 310 g/mol. The summed E-state index contributed by atoms with van der Waals surface area (Å²) >= 11 is 0. The van der Waals surface area contributed by atoms with Gasteiger partial charge < -0.3 is 19.3 Å². The molecule has 0 aliphatic carbocycles. The fourth-order valence-corrected chi connectivity index (χ4v) is 2.36. The van der Waals surface area contributed by atoms with E-state index in [-0.39, 0.29) is 19.2 Å². The molecule has 0 saturated heterocycles. The Balaban J connectivity index is 1.44. The van der Waals surface area contributed by atoms with Crippen LogP contribution in [0.25, 0.3) is 11.3 Å². The lowest BCUT2D eigenvalue weighted by atomic mass is 10.1. The van der Waals surface area contributed by atoms with Gasteiger partial charge in [-0.15, -0.1) is 0 Å². The first kappa shape index (κ1) is 14.3. The number of ether oxygens (including phenoxy) is 2. The summed E-state index contributed by atoms with van der Waals surface area (Å²) in [7, 11) is 0. The van der Waals surface area contributed by atoms with Crippen molar-refractivity contribution in [1.82, 2.24) is 15.5 Å². The molecule has 1 aliphatic rings. The van der Waals surface area contributed by atoms with Crippen LogP contribution in [-0.2, 0) is 6.54 Å². The van der Waals surface area contributed by atoms with Crippen molar-refractivity contribution in [3.05, 3.63) is 60.0 Å².